The molecule has 0 saturated carbocycles. The van der Waals surface area contributed by atoms with Gasteiger partial charge < -0.3 is 15.8 Å². The first-order valence-corrected chi connectivity index (χ1v) is 6.13. The molecule has 0 aromatic heterocycles. The van der Waals surface area contributed by atoms with Crippen LogP contribution in [0.2, 0.25) is 0 Å². The molecule has 1 aromatic carbocycles. The van der Waals surface area contributed by atoms with Crippen molar-refractivity contribution in [3.8, 4) is 11.8 Å². The smallest absolute Gasteiger partial charge is 0.250 e. The minimum absolute atomic E-state index is 0.0399. The van der Waals surface area contributed by atoms with E-state index in [1.165, 1.54) is 0 Å². The molecule has 4 heteroatoms. The Balaban J connectivity index is 2.51. The fourth-order valence-corrected chi connectivity index (χ4v) is 1.27. The van der Waals surface area contributed by atoms with Crippen LogP contribution in [0.5, 0.6) is 0 Å². The fraction of sp³-hybridized carbons (Fsp3) is 0.400. The van der Waals surface area contributed by atoms with E-state index in [-0.39, 0.29) is 18.1 Å². The number of hydrogen-bond acceptors (Lipinski definition) is 3. The molecule has 0 fully saturated rings. The topological polar surface area (TPSA) is 64.3 Å². The molecule has 0 aliphatic carbocycles. The number of benzene rings is 1. The molecule has 0 radical (unpaired) electrons. The highest BCUT2D eigenvalue weighted by atomic mass is 16.5. The third kappa shape index (κ3) is 6.61. The van der Waals surface area contributed by atoms with Gasteiger partial charge in [0.15, 0.2) is 0 Å². The maximum Gasteiger partial charge on any atom is 0.250 e. The largest absolute Gasteiger partial charge is 0.366 e. The van der Waals surface area contributed by atoms with Crippen LogP contribution in [0.4, 0.5) is 5.69 Å². The fourth-order valence-electron chi connectivity index (χ4n) is 1.27. The standard InChI is InChI=1S/C15H20N2O2/c1-15(2,3)19-11-14(18)17-13-8-6-12(7-9-13)5-4-10-16/h6-9H,10-11,16H2,1-3H3,(H,17,18). The zero-order valence-electron chi connectivity index (χ0n) is 11.6. The maximum atomic E-state index is 11.6. The number of carbonyl (C=O) groups is 1. The summed E-state index contributed by atoms with van der Waals surface area (Å²) in [6, 6.07) is 7.27. The molecule has 1 rings (SSSR count). The summed E-state index contributed by atoms with van der Waals surface area (Å²) in [5.41, 5.74) is 6.57. The Morgan fingerprint density at radius 2 is 1.95 bits per heavy atom. The number of rotatable bonds is 3. The number of ether oxygens (including phenoxy) is 1. The van der Waals surface area contributed by atoms with Crippen molar-refractivity contribution in [1.82, 2.24) is 0 Å². The zero-order chi connectivity index (χ0) is 14.3. The Labute approximate surface area is 114 Å². The number of nitrogens with two attached hydrogens (primary N) is 1. The lowest BCUT2D eigenvalue weighted by molar-refractivity contribution is -0.125. The van der Waals surface area contributed by atoms with E-state index in [0.29, 0.717) is 6.54 Å². The quantitative estimate of drug-likeness (QED) is 0.814. The molecular weight excluding hydrogens is 240 g/mol. The zero-order valence-corrected chi connectivity index (χ0v) is 11.6. The lowest BCUT2D eigenvalue weighted by Crippen LogP contribution is -2.27. The molecular formula is C15H20N2O2. The van der Waals surface area contributed by atoms with Crippen LogP contribution in [0, 0.1) is 11.8 Å². The SMILES string of the molecule is CC(C)(C)OCC(=O)Nc1ccc(C#CCN)cc1. The van der Waals surface area contributed by atoms with E-state index in [0.717, 1.165) is 11.3 Å². The summed E-state index contributed by atoms with van der Waals surface area (Å²) < 4.78 is 5.39. The van der Waals surface area contributed by atoms with Crippen molar-refractivity contribution in [3.63, 3.8) is 0 Å². The van der Waals surface area contributed by atoms with Crippen LogP contribution < -0.4 is 11.1 Å². The molecule has 0 saturated heterocycles. The molecule has 0 bridgehead atoms. The molecule has 0 atom stereocenters. The second-order valence-electron chi connectivity index (χ2n) is 5.03. The van der Waals surface area contributed by atoms with Gasteiger partial charge in [-0.25, -0.2) is 0 Å². The summed E-state index contributed by atoms with van der Waals surface area (Å²) in [6.45, 7) is 6.10. The van der Waals surface area contributed by atoms with Gasteiger partial charge in [-0.2, -0.15) is 0 Å². The van der Waals surface area contributed by atoms with Crippen molar-refractivity contribution < 1.29 is 9.53 Å². The van der Waals surface area contributed by atoms with Gasteiger partial charge in [0.25, 0.3) is 0 Å². The molecule has 0 aliphatic rings. The molecule has 3 N–H and O–H groups in total. The summed E-state index contributed by atoms with van der Waals surface area (Å²) in [4.78, 5) is 11.6. The predicted octanol–water partition coefficient (Wildman–Crippen LogP) is 1.75. The van der Waals surface area contributed by atoms with Gasteiger partial charge in [-0.15, -0.1) is 0 Å². The second-order valence-corrected chi connectivity index (χ2v) is 5.03. The molecule has 4 nitrogen and oxygen atoms in total. The molecule has 0 heterocycles. The van der Waals surface area contributed by atoms with Crippen molar-refractivity contribution >= 4 is 11.6 Å². The van der Waals surface area contributed by atoms with Crippen molar-refractivity contribution in [1.29, 1.82) is 0 Å². The average molecular weight is 260 g/mol. The average Bonchev–Trinajstić information content (AvgIpc) is 2.35. The summed E-state index contributed by atoms with van der Waals surface area (Å²) in [5.74, 6) is 5.52. The Morgan fingerprint density at radius 1 is 1.32 bits per heavy atom. The van der Waals surface area contributed by atoms with Crippen LogP contribution in [0.3, 0.4) is 0 Å². The molecule has 0 spiro atoms. The van der Waals surface area contributed by atoms with Gasteiger partial charge in [-0.05, 0) is 45.0 Å². The van der Waals surface area contributed by atoms with Crippen LogP contribution in [-0.2, 0) is 9.53 Å². The highest BCUT2D eigenvalue weighted by Gasteiger charge is 2.12. The van der Waals surface area contributed by atoms with Crippen LogP contribution in [-0.4, -0.2) is 24.7 Å². The third-order valence-electron chi connectivity index (χ3n) is 2.14. The van der Waals surface area contributed by atoms with Crippen molar-refractivity contribution in [2.24, 2.45) is 5.73 Å². The highest BCUT2D eigenvalue weighted by Crippen LogP contribution is 2.10. The number of amides is 1. The Kier molecular flexibility index (Phi) is 5.56. The summed E-state index contributed by atoms with van der Waals surface area (Å²) in [7, 11) is 0. The number of carbonyl (C=O) groups excluding carboxylic acids is 1. The number of nitrogens with one attached hydrogen (secondary N) is 1. The summed E-state index contributed by atoms with van der Waals surface area (Å²) in [5, 5.41) is 2.76. The van der Waals surface area contributed by atoms with Crippen molar-refractivity contribution in [2.45, 2.75) is 26.4 Å². The lowest BCUT2D eigenvalue weighted by atomic mass is 10.2. The van der Waals surface area contributed by atoms with Gasteiger partial charge in [-0.1, -0.05) is 11.8 Å². The minimum Gasteiger partial charge on any atom is -0.366 e. The number of hydrogen-bond donors (Lipinski definition) is 2. The van der Waals surface area contributed by atoms with Crippen LogP contribution >= 0.6 is 0 Å². The van der Waals surface area contributed by atoms with E-state index in [4.69, 9.17) is 10.5 Å². The van der Waals surface area contributed by atoms with Crippen molar-refractivity contribution in [2.75, 3.05) is 18.5 Å². The third-order valence-corrected chi connectivity index (χ3v) is 2.14. The van der Waals surface area contributed by atoms with Crippen LogP contribution in [0.25, 0.3) is 0 Å². The molecule has 19 heavy (non-hydrogen) atoms. The maximum absolute atomic E-state index is 11.6. The predicted molar refractivity (Wildman–Crippen MR) is 76.7 cm³/mol. The van der Waals surface area contributed by atoms with Gasteiger partial charge >= 0.3 is 0 Å². The van der Waals surface area contributed by atoms with E-state index in [2.05, 4.69) is 17.2 Å². The highest BCUT2D eigenvalue weighted by molar-refractivity contribution is 5.91. The first kappa shape index (κ1) is 15.2. The van der Waals surface area contributed by atoms with E-state index in [9.17, 15) is 4.79 Å². The molecule has 1 amide bonds. The van der Waals surface area contributed by atoms with E-state index >= 15 is 0 Å². The lowest BCUT2D eigenvalue weighted by Gasteiger charge is -2.18. The van der Waals surface area contributed by atoms with Gasteiger partial charge in [0.1, 0.15) is 6.61 Å². The Hall–Kier alpha value is -1.83. The first-order valence-electron chi connectivity index (χ1n) is 6.13. The number of anilines is 1. The Bertz CT molecular complexity index is 476. The van der Waals surface area contributed by atoms with Crippen molar-refractivity contribution in [3.05, 3.63) is 29.8 Å². The van der Waals surface area contributed by atoms with E-state index < -0.39 is 0 Å². The minimum atomic E-state index is -0.320. The Morgan fingerprint density at radius 3 is 2.47 bits per heavy atom. The summed E-state index contributed by atoms with van der Waals surface area (Å²) in [6.07, 6.45) is 0. The van der Waals surface area contributed by atoms with E-state index in [1.807, 2.05) is 32.9 Å². The van der Waals surface area contributed by atoms with Gasteiger partial charge in [-0.3, -0.25) is 4.79 Å². The molecule has 0 unspecified atom stereocenters. The molecule has 1 aromatic rings. The van der Waals surface area contributed by atoms with Crippen LogP contribution in [0.1, 0.15) is 26.3 Å². The molecule has 0 aliphatic heterocycles. The molecule has 102 valence electrons. The van der Waals surface area contributed by atoms with Gasteiger partial charge in [0, 0.05) is 11.3 Å². The second kappa shape index (κ2) is 6.93. The van der Waals surface area contributed by atoms with Gasteiger partial charge in [0.2, 0.25) is 5.91 Å². The van der Waals surface area contributed by atoms with Gasteiger partial charge in [0.05, 0.1) is 12.1 Å². The first-order chi connectivity index (χ1) is 8.90. The monoisotopic (exact) mass is 260 g/mol. The van der Waals surface area contributed by atoms with E-state index in [1.54, 1.807) is 12.1 Å². The summed E-state index contributed by atoms with van der Waals surface area (Å²) >= 11 is 0. The normalized spacial score (nSPS) is 10.5. The van der Waals surface area contributed by atoms with Crippen LogP contribution in [0.15, 0.2) is 24.3 Å².